The molecule has 0 radical (unpaired) electrons. The van der Waals surface area contributed by atoms with Crippen molar-refractivity contribution in [2.45, 2.75) is 18.6 Å². The smallest absolute Gasteiger partial charge is 0.403 e. The van der Waals surface area contributed by atoms with E-state index in [1.54, 1.807) is 0 Å². The molecule has 1 atom stereocenters. The van der Waals surface area contributed by atoms with Crippen molar-refractivity contribution in [2.75, 3.05) is 0 Å². The van der Waals surface area contributed by atoms with Gasteiger partial charge in [-0.15, -0.1) is 17.9 Å². The molecule has 0 aliphatic rings. The lowest BCUT2D eigenvalue weighted by atomic mass is 10.0. The van der Waals surface area contributed by atoms with Gasteiger partial charge in [-0.2, -0.15) is 13.2 Å². The summed E-state index contributed by atoms with van der Waals surface area (Å²) in [6.45, 7) is 0. The van der Waals surface area contributed by atoms with Gasteiger partial charge in [0, 0.05) is 12.3 Å². The average molecular weight is 537 g/mol. The fourth-order valence-corrected chi connectivity index (χ4v) is 2.85. The molecule has 1 amide bonds. The van der Waals surface area contributed by atoms with Crippen LogP contribution in [0.1, 0.15) is 27.7 Å². The number of alkyl halides is 6. The summed E-state index contributed by atoms with van der Waals surface area (Å²) in [6.07, 6.45) is -9.17. The summed E-state index contributed by atoms with van der Waals surface area (Å²) < 4.78 is 107. The number of carbonyl (C=O) groups is 2. The number of aromatic nitrogens is 2. The minimum Gasteiger partial charge on any atom is -0.403 e. The second-order valence-electron chi connectivity index (χ2n) is 6.97. The zero-order valence-corrected chi connectivity index (χ0v) is 17.7. The predicted octanol–water partition coefficient (Wildman–Crippen LogP) is 3.46. The normalized spacial score (nSPS) is 12.5. The quantitative estimate of drug-likeness (QED) is 0.484. The number of nitrogens with zero attached hydrogens (tertiary/aromatic N) is 2. The minimum absolute atomic E-state index is 0.177. The zero-order chi connectivity index (χ0) is 27.5. The van der Waals surface area contributed by atoms with Gasteiger partial charge in [-0.25, -0.2) is 13.6 Å². The van der Waals surface area contributed by atoms with Gasteiger partial charge in [-0.05, 0) is 35.9 Å². The van der Waals surface area contributed by atoms with Crippen LogP contribution in [-0.4, -0.2) is 34.1 Å². The molecular formula is C21H11F8N3O5. The van der Waals surface area contributed by atoms with E-state index in [4.69, 9.17) is 0 Å². The summed E-state index contributed by atoms with van der Waals surface area (Å²) in [5.41, 5.74) is -2.66. The number of carbonyl (C=O) groups excluding carboxylic acids is 2. The van der Waals surface area contributed by atoms with Gasteiger partial charge in [0.05, 0.1) is 17.8 Å². The highest BCUT2D eigenvalue weighted by atomic mass is 19.4. The Hall–Kier alpha value is -4.50. The Bertz CT molecular complexity index is 1390. The number of rotatable bonds is 6. The Morgan fingerprint density at radius 1 is 0.973 bits per heavy atom. The molecule has 3 rings (SSSR count). The van der Waals surface area contributed by atoms with Crippen molar-refractivity contribution >= 4 is 11.9 Å². The van der Waals surface area contributed by atoms with E-state index >= 15 is 0 Å². The van der Waals surface area contributed by atoms with E-state index in [0.29, 0.717) is 24.4 Å². The van der Waals surface area contributed by atoms with Crippen molar-refractivity contribution in [1.82, 2.24) is 15.0 Å². The molecule has 8 nitrogen and oxygen atoms in total. The zero-order valence-electron chi connectivity index (χ0n) is 17.7. The van der Waals surface area contributed by atoms with Crippen molar-refractivity contribution in [3.8, 4) is 5.75 Å². The van der Waals surface area contributed by atoms with Gasteiger partial charge in [-0.1, -0.05) is 6.07 Å². The number of benzene rings is 1. The summed E-state index contributed by atoms with van der Waals surface area (Å²) in [5, 5.41) is 2.18. The Morgan fingerprint density at radius 2 is 1.68 bits per heavy atom. The topological polar surface area (TPSA) is 99.5 Å². The van der Waals surface area contributed by atoms with Gasteiger partial charge in [0.2, 0.25) is 0 Å². The fraction of sp³-hybridized carbons (Fsp3) is 0.143. The van der Waals surface area contributed by atoms with E-state index in [2.05, 4.69) is 19.9 Å². The third-order valence-electron chi connectivity index (χ3n) is 4.40. The van der Waals surface area contributed by atoms with Gasteiger partial charge in [0.25, 0.3) is 11.5 Å². The van der Waals surface area contributed by atoms with Crippen molar-refractivity contribution in [3.63, 3.8) is 0 Å². The van der Waals surface area contributed by atoms with Gasteiger partial charge in [0.15, 0.2) is 11.6 Å². The largest absolute Gasteiger partial charge is 0.573 e. The molecule has 1 unspecified atom stereocenters. The molecule has 0 spiro atoms. The summed E-state index contributed by atoms with van der Waals surface area (Å²) in [5.74, 6) is -7.74. The third-order valence-corrected chi connectivity index (χ3v) is 4.40. The average Bonchev–Trinajstić information content (AvgIpc) is 2.79. The number of amides is 1. The number of nitrogens with one attached hydrogen (secondary N) is 1. The first kappa shape index (κ1) is 27.1. The monoisotopic (exact) mass is 537 g/mol. The molecule has 0 bridgehead atoms. The van der Waals surface area contributed by atoms with Crippen LogP contribution in [-0.2, 0) is 4.79 Å². The fourth-order valence-electron chi connectivity index (χ4n) is 2.85. The Balaban J connectivity index is 1.98. The van der Waals surface area contributed by atoms with Crippen molar-refractivity contribution in [1.29, 1.82) is 0 Å². The number of ether oxygens (including phenoxy) is 1. The Morgan fingerprint density at radius 3 is 2.27 bits per heavy atom. The highest BCUT2D eigenvalue weighted by Gasteiger charge is 2.42. The molecule has 1 aromatic carbocycles. The lowest BCUT2D eigenvalue weighted by Crippen LogP contribution is -2.39. The van der Waals surface area contributed by atoms with Crippen LogP contribution in [0.3, 0.4) is 0 Å². The van der Waals surface area contributed by atoms with Gasteiger partial charge in [0.1, 0.15) is 11.5 Å². The molecule has 0 saturated carbocycles. The number of halogens is 8. The van der Waals surface area contributed by atoms with Crippen LogP contribution in [0.4, 0.5) is 35.1 Å². The van der Waals surface area contributed by atoms with E-state index in [1.165, 1.54) is 6.07 Å². The SMILES string of the molecule is O=C(NC(c1ccc(OC(F)(F)F)c(F)c1)c1ncccc1F)c1ccc(=O)n(OC(=O)C(F)(F)F)c1. The second kappa shape index (κ2) is 10.2. The molecule has 196 valence electrons. The molecule has 0 saturated heterocycles. The van der Waals surface area contributed by atoms with Crippen molar-refractivity contribution in [2.24, 2.45) is 0 Å². The highest BCUT2D eigenvalue weighted by molar-refractivity contribution is 5.94. The van der Waals surface area contributed by atoms with Crippen molar-refractivity contribution < 1.29 is 54.3 Å². The molecule has 1 N–H and O–H groups in total. The first-order valence-electron chi connectivity index (χ1n) is 9.64. The summed E-state index contributed by atoms with van der Waals surface area (Å²) >= 11 is 0. The maximum absolute atomic E-state index is 14.5. The van der Waals surface area contributed by atoms with E-state index < -0.39 is 64.7 Å². The second-order valence-corrected chi connectivity index (χ2v) is 6.97. The van der Waals surface area contributed by atoms with Crippen LogP contribution in [0.5, 0.6) is 5.75 Å². The van der Waals surface area contributed by atoms with Gasteiger partial charge < -0.3 is 14.9 Å². The van der Waals surface area contributed by atoms with Crippen LogP contribution in [0.25, 0.3) is 0 Å². The maximum Gasteiger partial charge on any atom is 0.573 e. The molecule has 0 fully saturated rings. The minimum atomic E-state index is -5.47. The standard InChI is InChI=1S/C21H11F8N3O5/c22-12-2-1-7-30-17(12)16(10-3-5-14(13(23)8-10)36-21(27,28)29)31-18(34)11-4-6-15(33)32(9-11)37-19(35)20(24,25)26/h1-9,16H,(H,31,34). The molecule has 2 aromatic heterocycles. The first-order chi connectivity index (χ1) is 17.2. The molecular weight excluding hydrogens is 526 g/mol. The predicted molar refractivity (Wildman–Crippen MR) is 105 cm³/mol. The highest BCUT2D eigenvalue weighted by Crippen LogP contribution is 2.30. The Kier molecular flexibility index (Phi) is 7.50. The van der Waals surface area contributed by atoms with E-state index in [0.717, 1.165) is 24.4 Å². The number of pyridine rings is 2. The van der Waals surface area contributed by atoms with Crippen LogP contribution < -0.4 is 20.5 Å². The van der Waals surface area contributed by atoms with E-state index in [-0.39, 0.29) is 10.3 Å². The maximum atomic E-state index is 14.5. The molecule has 37 heavy (non-hydrogen) atoms. The third kappa shape index (κ3) is 6.80. The Labute approximate surface area is 200 Å². The molecule has 2 heterocycles. The molecule has 3 aromatic rings. The van der Waals surface area contributed by atoms with Crippen molar-refractivity contribution in [3.05, 3.63) is 93.7 Å². The summed E-state index contributed by atoms with van der Waals surface area (Å²) in [7, 11) is 0. The summed E-state index contributed by atoms with van der Waals surface area (Å²) in [6, 6.07) is 3.77. The van der Waals surface area contributed by atoms with Gasteiger partial charge in [-0.3, -0.25) is 14.6 Å². The molecule has 0 aliphatic carbocycles. The first-order valence-corrected chi connectivity index (χ1v) is 9.64. The van der Waals surface area contributed by atoms with E-state index in [9.17, 15) is 49.5 Å². The van der Waals surface area contributed by atoms with E-state index in [1.807, 2.05) is 0 Å². The molecule has 0 aliphatic heterocycles. The summed E-state index contributed by atoms with van der Waals surface area (Å²) in [4.78, 5) is 43.2. The molecule has 16 heteroatoms. The van der Waals surface area contributed by atoms with Crippen LogP contribution in [0.15, 0.2) is 59.7 Å². The van der Waals surface area contributed by atoms with Crippen LogP contribution in [0, 0.1) is 11.6 Å². The van der Waals surface area contributed by atoms with Crippen LogP contribution >= 0.6 is 0 Å². The van der Waals surface area contributed by atoms with Crippen LogP contribution in [0.2, 0.25) is 0 Å². The lowest BCUT2D eigenvalue weighted by Gasteiger charge is -2.20. The number of hydrogen-bond acceptors (Lipinski definition) is 6. The number of hydrogen-bond donors (Lipinski definition) is 1. The lowest BCUT2D eigenvalue weighted by molar-refractivity contribution is -0.275. The van der Waals surface area contributed by atoms with Gasteiger partial charge >= 0.3 is 18.5 Å².